The molecular formula is C18H24Cl3NO4. The lowest BCUT2D eigenvalue weighted by atomic mass is 10.0. The van der Waals surface area contributed by atoms with Gasteiger partial charge >= 0.3 is 6.09 Å². The van der Waals surface area contributed by atoms with Crippen LogP contribution in [-0.2, 0) is 14.2 Å². The Kier molecular flexibility index (Phi) is 9.21. The molecule has 1 rings (SSSR count). The largest absolute Gasteiger partial charge is 0.444 e. The number of benzene rings is 1. The molecule has 0 saturated carbocycles. The second kappa shape index (κ2) is 10.4. The summed E-state index contributed by atoms with van der Waals surface area (Å²) in [7, 11) is 0. The molecule has 26 heavy (non-hydrogen) atoms. The van der Waals surface area contributed by atoms with E-state index in [1.807, 2.05) is 30.3 Å². The van der Waals surface area contributed by atoms with Crippen molar-refractivity contribution >= 4 is 40.9 Å². The molecule has 1 unspecified atom stereocenters. The minimum Gasteiger partial charge on any atom is -0.444 e. The van der Waals surface area contributed by atoms with E-state index in [1.54, 1.807) is 26.8 Å². The number of alkyl halides is 3. The highest BCUT2D eigenvalue weighted by Crippen LogP contribution is 2.26. The van der Waals surface area contributed by atoms with Gasteiger partial charge in [-0.15, -0.1) is 6.58 Å². The molecule has 1 amide bonds. The van der Waals surface area contributed by atoms with Gasteiger partial charge in [0.2, 0.25) is 3.79 Å². The van der Waals surface area contributed by atoms with Gasteiger partial charge in [-0.25, -0.2) is 4.79 Å². The van der Waals surface area contributed by atoms with Crippen LogP contribution in [0.4, 0.5) is 4.79 Å². The lowest BCUT2D eigenvalue weighted by molar-refractivity contribution is -0.0836. The number of nitrogens with one attached hydrogen (secondary N) is 1. The van der Waals surface area contributed by atoms with E-state index in [0.29, 0.717) is 0 Å². The minimum atomic E-state index is -1.53. The number of carbonyl (C=O) groups is 1. The van der Waals surface area contributed by atoms with Crippen LogP contribution in [-0.4, -0.2) is 35.0 Å². The first-order valence-corrected chi connectivity index (χ1v) is 9.08. The zero-order valence-electron chi connectivity index (χ0n) is 15.0. The SMILES string of the molecule is C=CC(OCOCC(Cl)(Cl)Cl)[C@@H](NC(=O)OC(C)(C)C)c1ccccc1. The number of alkyl carbamates (subject to hydrolysis) is 1. The molecule has 0 aliphatic heterocycles. The molecule has 2 atom stereocenters. The van der Waals surface area contributed by atoms with Crippen molar-refractivity contribution in [1.29, 1.82) is 0 Å². The van der Waals surface area contributed by atoms with E-state index in [-0.39, 0.29) is 13.4 Å². The highest BCUT2D eigenvalue weighted by atomic mass is 35.6. The van der Waals surface area contributed by atoms with Crippen molar-refractivity contribution in [2.75, 3.05) is 13.4 Å². The predicted molar refractivity (Wildman–Crippen MR) is 105 cm³/mol. The number of amides is 1. The normalized spacial score (nSPS) is 14.4. The predicted octanol–water partition coefficient (Wildman–Crippen LogP) is 5.17. The highest BCUT2D eigenvalue weighted by Gasteiger charge is 2.27. The quantitative estimate of drug-likeness (QED) is 0.271. The molecule has 8 heteroatoms. The van der Waals surface area contributed by atoms with Gasteiger partial charge in [-0.2, -0.15) is 0 Å². The van der Waals surface area contributed by atoms with E-state index >= 15 is 0 Å². The molecular weight excluding hydrogens is 401 g/mol. The Morgan fingerprint density at radius 3 is 2.35 bits per heavy atom. The van der Waals surface area contributed by atoms with Crippen LogP contribution in [0.25, 0.3) is 0 Å². The van der Waals surface area contributed by atoms with E-state index in [4.69, 9.17) is 49.0 Å². The van der Waals surface area contributed by atoms with Crippen LogP contribution < -0.4 is 5.32 Å². The molecule has 0 bridgehead atoms. The van der Waals surface area contributed by atoms with Crippen LogP contribution in [0, 0.1) is 0 Å². The van der Waals surface area contributed by atoms with Crippen molar-refractivity contribution in [3.05, 3.63) is 48.6 Å². The molecule has 0 heterocycles. The fraction of sp³-hybridized carbons (Fsp3) is 0.500. The van der Waals surface area contributed by atoms with Crippen molar-refractivity contribution in [3.8, 4) is 0 Å². The number of ether oxygens (including phenoxy) is 3. The first-order valence-electron chi connectivity index (χ1n) is 7.95. The van der Waals surface area contributed by atoms with Gasteiger partial charge in [0.25, 0.3) is 0 Å². The third-order valence-corrected chi connectivity index (χ3v) is 3.33. The molecule has 5 nitrogen and oxygen atoms in total. The lowest BCUT2D eigenvalue weighted by Gasteiger charge is -2.28. The summed E-state index contributed by atoms with van der Waals surface area (Å²) in [5, 5.41) is 2.81. The molecule has 1 aromatic carbocycles. The van der Waals surface area contributed by atoms with Gasteiger partial charge < -0.3 is 19.5 Å². The fourth-order valence-electron chi connectivity index (χ4n) is 2.03. The van der Waals surface area contributed by atoms with Crippen LogP contribution in [0.1, 0.15) is 32.4 Å². The van der Waals surface area contributed by atoms with E-state index in [0.717, 1.165) is 5.56 Å². The van der Waals surface area contributed by atoms with Gasteiger partial charge in [0.15, 0.2) is 0 Å². The zero-order chi connectivity index (χ0) is 19.8. The van der Waals surface area contributed by atoms with E-state index in [1.165, 1.54) is 0 Å². The van der Waals surface area contributed by atoms with Crippen LogP contribution >= 0.6 is 34.8 Å². The molecule has 0 spiro atoms. The average molecular weight is 425 g/mol. The molecule has 0 aliphatic rings. The smallest absolute Gasteiger partial charge is 0.408 e. The van der Waals surface area contributed by atoms with Crippen LogP contribution in [0.2, 0.25) is 0 Å². The molecule has 0 saturated heterocycles. The summed E-state index contributed by atoms with van der Waals surface area (Å²) in [5.74, 6) is 0. The first kappa shape index (κ1) is 23.1. The van der Waals surface area contributed by atoms with Gasteiger partial charge in [0.1, 0.15) is 18.5 Å². The molecule has 0 radical (unpaired) electrons. The fourth-order valence-corrected chi connectivity index (χ4v) is 2.27. The molecule has 146 valence electrons. The summed E-state index contributed by atoms with van der Waals surface area (Å²) in [6.45, 7) is 8.87. The van der Waals surface area contributed by atoms with Crippen molar-refractivity contribution in [1.82, 2.24) is 5.32 Å². The maximum absolute atomic E-state index is 12.2. The molecule has 0 aliphatic carbocycles. The van der Waals surface area contributed by atoms with E-state index in [9.17, 15) is 4.79 Å². The summed E-state index contributed by atoms with van der Waals surface area (Å²) in [5.41, 5.74) is 0.202. The summed E-state index contributed by atoms with van der Waals surface area (Å²) in [6.07, 6.45) is 0.414. The van der Waals surface area contributed by atoms with Gasteiger partial charge in [-0.05, 0) is 26.3 Å². The topological polar surface area (TPSA) is 56.8 Å². The third kappa shape index (κ3) is 9.64. The Morgan fingerprint density at radius 1 is 1.23 bits per heavy atom. The van der Waals surface area contributed by atoms with Crippen molar-refractivity contribution in [3.63, 3.8) is 0 Å². The van der Waals surface area contributed by atoms with Crippen LogP contribution in [0.15, 0.2) is 43.0 Å². The van der Waals surface area contributed by atoms with Crippen molar-refractivity contribution < 1.29 is 19.0 Å². The standard InChI is InChI=1S/C18H24Cl3NO4/c1-5-14(25-12-24-11-18(19,20)21)15(13-9-7-6-8-10-13)22-16(23)26-17(2,3)4/h5-10,14-15H,1,11-12H2,2-4H3,(H,22,23)/t14?,15-/m0/s1. The Balaban J connectivity index is 2.81. The van der Waals surface area contributed by atoms with Crippen LogP contribution in [0.3, 0.4) is 0 Å². The van der Waals surface area contributed by atoms with Gasteiger partial charge in [-0.1, -0.05) is 71.2 Å². The number of hydrogen-bond donors (Lipinski definition) is 1. The summed E-state index contributed by atoms with van der Waals surface area (Å²) in [6, 6.07) is 8.80. The second-order valence-corrected chi connectivity index (χ2v) is 9.00. The summed E-state index contributed by atoms with van der Waals surface area (Å²) >= 11 is 16.9. The monoisotopic (exact) mass is 423 g/mol. The second-order valence-electron chi connectivity index (χ2n) is 6.48. The maximum Gasteiger partial charge on any atom is 0.408 e. The Morgan fingerprint density at radius 2 is 1.85 bits per heavy atom. The lowest BCUT2D eigenvalue weighted by Crippen LogP contribution is -2.40. The van der Waals surface area contributed by atoms with Crippen LogP contribution in [0.5, 0.6) is 0 Å². The molecule has 1 aromatic rings. The minimum absolute atomic E-state index is 0.128. The summed E-state index contributed by atoms with van der Waals surface area (Å²) < 4.78 is 14.6. The summed E-state index contributed by atoms with van der Waals surface area (Å²) in [4.78, 5) is 12.2. The number of rotatable bonds is 8. The Bertz CT molecular complexity index is 570. The van der Waals surface area contributed by atoms with Crippen molar-refractivity contribution in [2.45, 2.75) is 42.3 Å². The van der Waals surface area contributed by atoms with Gasteiger partial charge in [0.05, 0.1) is 12.6 Å². The van der Waals surface area contributed by atoms with E-state index < -0.39 is 27.6 Å². The number of halogens is 3. The Labute approximate surface area is 169 Å². The molecule has 0 aromatic heterocycles. The molecule has 1 N–H and O–H groups in total. The molecule has 0 fully saturated rings. The van der Waals surface area contributed by atoms with E-state index in [2.05, 4.69) is 11.9 Å². The van der Waals surface area contributed by atoms with Gasteiger partial charge in [0, 0.05) is 0 Å². The zero-order valence-corrected chi connectivity index (χ0v) is 17.3. The maximum atomic E-state index is 12.2. The Hall–Kier alpha value is -0.980. The average Bonchev–Trinajstić information content (AvgIpc) is 2.51. The number of hydrogen-bond acceptors (Lipinski definition) is 4. The van der Waals surface area contributed by atoms with Crippen molar-refractivity contribution in [2.24, 2.45) is 0 Å². The highest BCUT2D eigenvalue weighted by molar-refractivity contribution is 6.67. The van der Waals surface area contributed by atoms with Gasteiger partial charge in [-0.3, -0.25) is 0 Å². The third-order valence-electron chi connectivity index (χ3n) is 3.00. The number of carbonyl (C=O) groups excluding carboxylic acids is 1. The first-order chi connectivity index (χ1) is 12.0.